The lowest BCUT2D eigenvalue weighted by atomic mass is 9.93. The quantitative estimate of drug-likeness (QED) is 0.826. The molecule has 0 saturated heterocycles. The van der Waals surface area contributed by atoms with Gasteiger partial charge in [0.05, 0.1) is 6.07 Å². The Kier molecular flexibility index (Phi) is 4.29. The average Bonchev–Trinajstić information content (AvgIpc) is 3.24. The standard InChI is InChI=1S/C16H17N3S2/c1-12-9-20-15(18-12)21-11-16(10-17,19-14-7-8-14)13-5-3-2-4-6-13/h2-6,9,14,19H,7-8,11H2,1H3. The summed E-state index contributed by atoms with van der Waals surface area (Å²) in [6.45, 7) is 2.00. The van der Waals surface area contributed by atoms with Crippen LogP contribution in [-0.4, -0.2) is 16.8 Å². The summed E-state index contributed by atoms with van der Waals surface area (Å²) in [5.74, 6) is 0.678. The van der Waals surface area contributed by atoms with Crippen LogP contribution in [-0.2, 0) is 5.54 Å². The van der Waals surface area contributed by atoms with Crippen molar-refractivity contribution in [1.29, 1.82) is 5.26 Å². The maximum absolute atomic E-state index is 9.85. The normalized spacial score (nSPS) is 17.1. The number of nitrogens with one attached hydrogen (secondary N) is 1. The molecule has 1 unspecified atom stereocenters. The Hall–Kier alpha value is -1.35. The van der Waals surface area contributed by atoms with E-state index in [0.717, 1.165) is 28.4 Å². The second-order valence-corrected chi connectivity index (χ2v) is 7.43. The zero-order chi connectivity index (χ0) is 14.7. The lowest BCUT2D eigenvalue weighted by Crippen LogP contribution is -2.44. The first-order valence-corrected chi connectivity index (χ1v) is 8.88. The van der Waals surface area contributed by atoms with Gasteiger partial charge < -0.3 is 0 Å². The number of hydrogen-bond donors (Lipinski definition) is 1. The number of benzene rings is 1. The zero-order valence-corrected chi connectivity index (χ0v) is 13.5. The molecule has 0 amide bonds. The third kappa shape index (κ3) is 3.46. The second-order valence-electron chi connectivity index (χ2n) is 5.35. The number of thioether (sulfide) groups is 1. The number of aromatic nitrogens is 1. The lowest BCUT2D eigenvalue weighted by Gasteiger charge is -2.28. The van der Waals surface area contributed by atoms with Crippen LogP contribution in [0.3, 0.4) is 0 Å². The monoisotopic (exact) mass is 315 g/mol. The predicted octanol–water partition coefficient (Wildman–Crippen LogP) is 3.71. The number of thiazole rings is 1. The van der Waals surface area contributed by atoms with Crippen molar-refractivity contribution in [2.75, 3.05) is 5.75 Å². The molecular weight excluding hydrogens is 298 g/mol. The Bertz CT molecular complexity index is 643. The molecule has 1 aromatic carbocycles. The summed E-state index contributed by atoms with van der Waals surface area (Å²) in [6.07, 6.45) is 2.33. The molecule has 0 bridgehead atoms. The molecule has 1 aliphatic carbocycles. The predicted molar refractivity (Wildman–Crippen MR) is 87.5 cm³/mol. The van der Waals surface area contributed by atoms with Gasteiger partial charge in [-0.3, -0.25) is 5.32 Å². The number of hydrogen-bond acceptors (Lipinski definition) is 5. The maximum atomic E-state index is 9.85. The van der Waals surface area contributed by atoms with Crippen molar-refractivity contribution in [2.24, 2.45) is 0 Å². The van der Waals surface area contributed by atoms with E-state index in [0.29, 0.717) is 11.8 Å². The molecule has 1 aromatic heterocycles. The molecule has 1 N–H and O–H groups in total. The van der Waals surface area contributed by atoms with Crippen molar-refractivity contribution >= 4 is 23.1 Å². The molecule has 1 aliphatic rings. The summed E-state index contributed by atoms with van der Waals surface area (Å²) in [7, 11) is 0. The molecule has 1 fully saturated rings. The van der Waals surface area contributed by atoms with Crippen LogP contribution in [0.5, 0.6) is 0 Å². The highest BCUT2D eigenvalue weighted by Crippen LogP contribution is 2.34. The van der Waals surface area contributed by atoms with Crippen LogP contribution in [0.15, 0.2) is 40.1 Å². The molecule has 3 nitrogen and oxygen atoms in total. The van der Waals surface area contributed by atoms with E-state index in [1.165, 1.54) is 0 Å². The van der Waals surface area contributed by atoms with Crippen LogP contribution in [0.1, 0.15) is 24.1 Å². The van der Waals surface area contributed by atoms with Gasteiger partial charge in [-0.05, 0) is 25.3 Å². The van der Waals surface area contributed by atoms with Crippen molar-refractivity contribution in [3.05, 3.63) is 47.0 Å². The Morgan fingerprint density at radius 1 is 1.43 bits per heavy atom. The van der Waals surface area contributed by atoms with E-state index in [1.807, 2.05) is 42.6 Å². The van der Waals surface area contributed by atoms with Crippen LogP contribution in [0.2, 0.25) is 0 Å². The third-order valence-electron chi connectivity index (χ3n) is 3.50. The molecule has 5 heteroatoms. The van der Waals surface area contributed by atoms with Crippen LogP contribution in [0, 0.1) is 18.3 Å². The van der Waals surface area contributed by atoms with Gasteiger partial charge in [-0.2, -0.15) is 5.26 Å². The first-order valence-electron chi connectivity index (χ1n) is 7.01. The minimum absolute atomic E-state index is 0.475. The SMILES string of the molecule is Cc1csc(SCC(C#N)(NC2CC2)c2ccccc2)n1. The van der Waals surface area contributed by atoms with E-state index in [1.54, 1.807) is 23.1 Å². The van der Waals surface area contributed by atoms with Crippen molar-refractivity contribution in [3.8, 4) is 6.07 Å². The highest BCUT2D eigenvalue weighted by Gasteiger charge is 2.38. The molecule has 0 radical (unpaired) electrons. The van der Waals surface area contributed by atoms with Crippen molar-refractivity contribution < 1.29 is 0 Å². The van der Waals surface area contributed by atoms with E-state index in [2.05, 4.69) is 16.4 Å². The molecule has 3 rings (SSSR count). The van der Waals surface area contributed by atoms with Gasteiger partial charge in [-0.25, -0.2) is 4.98 Å². The largest absolute Gasteiger partial charge is 0.292 e. The lowest BCUT2D eigenvalue weighted by molar-refractivity contribution is 0.470. The van der Waals surface area contributed by atoms with Crippen LogP contribution < -0.4 is 5.32 Å². The molecule has 1 heterocycles. The van der Waals surface area contributed by atoms with Crippen molar-refractivity contribution in [3.63, 3.8) is 0 Å². The van der Waals surface area contributed by atoms with E-state index < -0.39 is 5.54 Å². The summed E-state index contributed by atoms with van der Waals surface area (Å²) < 4.78 is 1.03. The van der Waals surface area contributed by atoms with Crippen LogP contribution >= 0.6 is 23.1 Å². The topological polar surface area (TPSA) is 48.7 Å². The first-order chi connectivity index (χ1) is 10.2. The van der Waals surface area contributed by atoms with Gasteiger partial charge in [0, 0.05) is 22.9 Å². The molecule has 1 atom stereocenters. The summed E-state index contributed by atoms with van der Waals surface area (Å²) in [5.41, 5.74) is 1.45. The molecule has 21 heavy (non-hydrogen) atoms. The van der Waals surface area contributed by atoms with E-state index in [-0.39, 0.29) is 0 Å². The summed E-state index contributed by atoms with van der Waals surface area (Å²) >= 11 is 3.30. The zero-order valence-electron chi connectivity index (χ0n) is 11.9. The number of aryl methyl sites for hydroxylation is 1. The molecular formula is C16H17N3S2. The second kappa shape index (κ2) is 6.18. The summed E-state index contributed by atoms with van der Waals surface area (Å²) in [5, 5.41) is 15.4. The molecule has 0 spiro atoms. The van der Waals surface area contributed by atoms with Gasteiger partial charge in [0.1, 0.15) is 9.88 Å². The van der Waals surface area contributed by atoms with Crippen LogP contribution in [0.4, 0.5) is 0 Å². The van der Waals surface area contributed by atoms with E-state index in [9.17, 15) is 5.26 Å². The Labute approximate surface area is 133 Å². The fourth-order valence-corrected chi connectivity index (χ4v) is 4.18. The van der Waals surface area contributed by atoms with Gasteiger partial charge in [0.2, 0.25) is 0 Å². The average molecular weight is 315 g/mol. The van der Waals surface area contributed by atoms with Gasteiger partial charge in [0.25, 0.3) is 0 Å². The fraction of sp³-hybridized carbons (Fsp3) is 0.375. The minimum Gasteiger partial charge on any atom is -0.292 e. The summed E-state index contributed by atoms with van der Waals surface area (Å²) in [6, 6.07) is 13.0. The van der Waals surface area contributed by atoms with E-state index >= 15 is 0 Å². The van der Waals surface area contributed by atoms with Gasteiger partial charge in [-0.15, -0.1) is 11.3 Å². The number of rotatable bonds is 6. The van der Waals surface area contributed by atoms with Crippen molar-refractivity contribution in [2.45, 2.75) is 35.7 Å². The highest BCUT2D eigenvalue weighted by molar-refractivity contribution is 8.01. The summed E-state index contributed by atoms with van der Waals surface area (Å²) in [4.78, 5) is 4.48. The first kappa shape index (κ1) is 14.6. The number of nitriles is 1. The van der Waals surface area contributed by atoms with E-state index in [4.69, 9.17) is 0 Å². The van der Waals surface area contributed by atoms with Gasteiger partial charge in [0.15, 0.2) is 0 Å². The van der Waals surface area contributed by atoms with Gasteiger partial charge in [-0.1, -0.05) is 42.1 Å². The molecule has 2 aromatic rings. The fourth-order valence-electron chi connectivity index (χ4n) is 2.20. The van der Waals surface area contributed by atoms with Crippen molar-refractivity contribution in [1.82, 2.24) is 10.3 Å². The maximum Gasteiger partial charge on any atom is 0.150 e. The Balaban J connectivity index is 1.82. The smallest absolute Gasteiger partial charge is 0.150 e. The molecule has 108 valence electrons. The minimum atomic E-state index is -0.632. The number of nitrogens with zero attached hydrogens (tertiary/aromatic N) is 2. The Morgan fingerprint density at radius 3 is 2.76 bits per heavy atom. The Morgan fingerprint density at radius 2 is 2.19 bits per heavy atom. The van der Waals surface area contributed by atoms with Crippen LogP contribution in [0.25, 0.3) is 0 Å². The molecule has 0 aliphatic heterocycles. The molecule has 1 saturated carbocycles. The third-order valence-corrected chi connectivity index (χ3v) is 5.81. The van der Waals surface area contributed by atoms with Gasteiger partial charge >= 0.3 is 0 Å². The highest BCUT2D eigenvalue weighted by atomic mass is 32.2.